The predicted octanol–water partition coefficient (Wildman–Crippen LogP) is 3.01. The average molecular weight is 426 g/mol. The summed E-state index contributed by atoms with van der Waals surface area (Å²) in [4.78, 5) is 27.9. The van der Waals surface area contributed by atoms with Crippen molar-refractivity contribution in [2.75, 3.05) is 31.9 Å². The van der Waals surface area contributed by atoms with E-state index in [1.54, 1.807) is 11.8 Å². The zero-order valence-corrected chi connectivity index (χ0v) is 18.2. The van der Waals surface area contributed by atoms with Crippen molar-refractivity contribution < 1.29 is 9.59 Å². The molecule has 2 amide bonds. The molecule has 2 saturated heterocycles. The first kappa shape index (κ1) is 23.0. The number of carbonyl (C=O) groups is 2. The molecule has 0 aliphatic carbocycles. The predicted molar refractivity (Wildman–Crippen MR) is 117 cm³/mol. The van der Waals surface area contributed by atoms with E-state index < -0.39 is 0 Å². The van der Waals surface area contributed by atoms with E-state index in [0.717, 1.165) is 51.1 Å². The van der Waals surface area contributed by atoms with Crippen molar-refractivity contribution in [3.63, 3.8) is 0 Å². The number of hydrogen-bond acceptors (Lipinski definition) is 4. The summed E-state index contributed by atoms with van der Waals surface area (Å²) < 4.78 is 0. The first-order chi connectivity index (χ1) is 13.1. The van der Waals surface area contributed by atoms with Crippen LogP contribution in [0, 0.1) is 12.8 Å². The summed E-state index contributed by atoms with van der Waals surface area (Å²) in [7, 11) is 0. The number of thioether (sulfide) groups is 1. The van der Waals surface area contributed by atoms with E-state index in [2.05, 4.69) is 41.8 Å². The molecule has 7 heteroatoms. The Morgan fingerprint density at radius 3 is 2.71 bits per heavy atom. The Kier molecular flexibility index (Phi) is 9.62. The van der Waals surface area contributed by atoms with Gasteiger partial charge in [0.25, 0.3) is 0 Å². The Balaban J connectivity index is 0.00000280. The van der Waals surface area contributed by atoms with Gasteiger partial charge >= 0.3 is 0 Å². The minimum absolute atomic E-state index is 0. The third-order valence-electron chi connectivity index (χ3n) is 5.42. The molecule has 0 radical (unpaired) electrons. The standard InChI is InChI=1S/C21H31N3O2S.ClH/c1-16-6-8-18(9-7-16)27-13-10-20(25)24-12-3-4-17(15-24)14-23-21(26)19-5-2-11-22-19;/h6-9,17,19,22H,2-5,10-15H2,1H3,(H,23,26);1H. The number of halogens is 1. The topological polar surface area (TPSA) is 61.4 Å². The molecule has 3 rings (SSSR count). The lowest BCUT2D eigenvalue weighted by Crippen LogP contribution is -2.46. The number of carbonyl (C=O) groups excluding carboxylic acids is 2. The first-order valence-corrected chi connectivity index (χ1v) is 11.1. The molecule has 0 saturated carbocycles. The van der Waals surface area contributed by atoms with E-state index in [9.17, 15) is 9.59 Å². The molecular formula is C21H32ClN3O2S. The summed E-state index contributed by atoms with van der Waals surface area (Å²) in [5, 5.41) is 6.31. The van der Waals surface area contributed by atoms with E-state index >= 15 is 0 Å². The van der Waals surface area contributed by atoms with Crippen LogP contribution in [-0.4, -0.2) is 54.7 Å². The maximum absolute atomic E-state index is 12.6. The Hall–Kier alpha value is -1.24. The van der Waals surface area contributed by atoms with Crippen LogP contribution in [0.1, 0.15) is 37.7 Å². The van der Waals surface area contributed by atoms with E-state index in [0.29, 0.717) is 18.9 Å². The number of aryl methyl sites for hydroxylation is 1. The van der Waals surface area contributed by atoms with Crippen molar-refractivity contribution >= 4 is 36.0 Å². The highest BCUT2D eigenvalue weighted by atomic mass is 35.5. The molecule has 5 nitrogen and oxygen atoms in total. The fourth-order valence-corrected chi connectivity index (χ4v) is 4.62. The van der Waals surface area contributed by atoms with Crippen molar-refractivity contribution in [1.82, 2.24) is 15.5 Å². The largest absolute Gasteiger partial charge is 0.354 e. The molecule has 2 aliphatic rings. The monoisotopic (exact) mass is 425 g/mol. The number of hydrogen-bond donors (Lipinski definition) is 2. The molecule has 2 unspecified atom stereocenters. The molecular weight excluding hydrogens is 394 g/mol. The zero-order valence-electron chi connectivity index (χ0n) is 16.6. The Labute approximate surface area is 178 Å². The van der Waals surface area contributed by atoms with Gasteiger partial charge in [0.05, 0.1) is 6.04 Å². The van der Waals surface area contributed by atoms with Crippen molar-refractivity contribution in [1.29, 1.82) is 0 Å². The fourth-order valence-electron chi connectivity index (χ4n) is 3.78. The zero-order chi connectivity index (χ0) is 19.1. The molecule has 1 aromatic carbocycles. The van der Waals surface area contributed by atoms with Gasteiger partial charge in [-0.05, 0) is 57.2 Å². The smallest absolute Gasteiger partial charge is 0.237 e. The summed E-state index contributed by atoms with van der Waals surface area (Å²) >= 11 is 1.74. The molecule has 1 aromatic rings. The van der Waals surface area contributed by atoms with Crippen molar-refractivity contribution in [2.45, 2.75) is 50.0 Å². The lowest BCUT2D eigenvalue weighted by atomic mass is 9.97. The van der Waals surface area contributed by atoms with Gasteiger partial charge in [0.2, 0.25) is 11.8 Å². The average Bonchev–Trinajstić information content (AvgIpc) is 3.23. The van der Waals surface area contributed by atoms with Crippen molar-refractivity contribution in [2.24, 2.45) is 5.92 Å². The van der Waals surface area contributed by atoms with Crippen LogP contribution < -0.4 is 10.6 Å². The van der Waals surface area contributed by atoms with Gasteiger partial charge in [0.1, 0.15) is 0 Å². The Morgan fingerprint density at radius 1 is 1.21 bits per heavy atom. The highest BCUT2D eigenvalue weighted by Gasteiger charge is 2.26. The maximum Gasteiger partial charge on any atom is 0.237 e. The molecule has 28 heavy (non-hydrogen) atoms. The minimum atomic E-state index is -0.0230. The highest BCUT2D eigenvalue weighted by molar-refractivity contribution is 7.99. The van der Waals surface area contributed by atoms with E-state index in [1.165, 1.54) is 10.5 Å². The molecule has 2 fully saturated rings. The second-order valence-corrected chi connectivity index (χ2v) is 8.82. The second kappa shape index (κ2) is 11.7. The maximum atomic E-state index is 12.6. The summed E-state index contributed by atoms with van der Waals surface area (Å²) in [6.45, 7) is 5.32. The number of likely N-dealkylation sites (tertiary alicyclic amines) is 1. The Bertz CT molecular complexity index is 635. The van der Waals surface area contributed by atoms with Crippen LogP contribution in [0.4, 0.5) is 0 Å². The lowest BCUT2D eigenvalue weighted by molar-refractivity contribution is -0.132. The summed E-state index contributed by atoms with van der Waals surface area (Å²) in [6.07, 6.45) is 4.69. The lowest BCUT2D eigenvalue weighted by Gasteiger charge is -2.33. The van der Waals surface area contributed by atoms with Crippen LogP contribution in [0.5, 0.6) is 0 Å². The molecule has 2 atom stereocenters. The van der Waals surface area contributed by atoms with Crippen LogP contribution in [0.3, 0.4) is 0 Å². The van der Waals surface area contributed by atoms with Crippen molar-refractivity contribution in [3.05, 3.63) is 29.8 Å². The number of rotatable bonds is 7. The molecule has 0 spiro atoms. The van der Waals surface area contributed by atoms with E-state index in [4.69, 9.17) is 0 Å². The van der Waals surface area contributed by atoms with Gasteiger partial charge in [-0.2, -0.15) is 0 Å². The van der Waals surface area contributed by atoms with Crippen molar-refractivity contribution in [3.8, 4) is 0 Å². The van der Waals surface area contributed by atoms with Gasteiger partial charge < -0.3 is 15.5 Å². The van der Waals surface area contributed by atoms with Crippen LogP contribution in [0.15, 0.2) is 29.2 Å². The van der Waals surface area contributed by atoms with Crippen LogP contribution in [0.25, 0.3) is 0 Å². The third-order valence-corrected chi connectivity index (χ3v) is 6.43. The molecule has 2 N–H and O–H groups in total. The quantitative estimate of drug-likeness (QED) is 0.659. The van der Waals surface area contributed by atoms with Crippen LogP contribution >= 0.6 is 24.2 Å². The molecule has 2 heterocycles. The second-order valence-electron chi connectivity index (χ2n) is 7.65. The summed E-state index contributed by atoms with van der Waals surface area (Å²) in [6, 6.07) is 8.42. The number of benzene rings is 1. The molecule has 2 aliphatic heterocycles. The van der Waals surface area contributed by atoms with Gasteiger partial charge in [0.15, 0.2) is 0 Å². The van der Waals surface area contributed by atoms with E-state index in [1.807, 2.05) is 4.90 Å². The van der Waals surface area contributed by atoms with Crippen LogP contribution in [0.2, 0.25) is 0 Å². The number of piperidine rings is 1. The number of nitrogens with zero attached hydrogens (tertiary/aromatic N) is 1. The SMILES string of the molecule is Cc1ccc(SCCC(=O)N2CCCC(CNC(=O)C3CCCN3)C2)cc1.Cl. The third kappa shape index (κ3) is 6.98. The first-order valence-electron chi connectivity index (χ1n) is 10.1. The fraction of sp³-hybridized carbons (Fsp3) is 0.619. The molecule has 0 bridgehead atoms. The van der Waals surface area contributed by atoms with E-state index in [-0.39, 0.29) is 30.3 Å². The summed E-state index contributed by atoms with van der Waals surface area (Å²) in [5.41, 5.74) is 1.26. The molecule has 156 valence electrons. The molecule has 0 aromatic heterocycles. The van der Waals surface area contributed by atoms with Gasteiger partial charge in [-0.1, -0.05) is 17.7 Å². The minimum Gasteiger partial charge on any atom is -0.354 e. The van der Waals surface area contributed by atoms with Gasteiger partial charge in [-0.3, -0.25) is 9.59 Å². The number of amides is 2. The highest BCUT2D eigenvalue weighted by Crippen LogP contribution is 2.21. The van der Waals surface area contributed by atoms with Gasteiger partial charge in [-0.15, -0.1) is 24.2 Å². The van der Waals surface area contributed by atoms with Gasteiger partial charge in [0, 0.05) is 36.7 Å². The normalized spacial score (nSPS) is 21.8. The number of nitrogens with one attached hydrogen (secondary N) is 2. The summed E-state index contributed by atoms with van der Waals surface area (Å²) in [5.74, 6) is 1.54. The van der Waals surface area contributed by atoms with Crippen LogP contribution in [-0.2, 0) is 9.59 Å². The van der Waals surface area contributed by atoms with Gasteiger partial charge in [-0.25, -0.2) is 0 Å². The Morgan fingerprint density at radius 2 is 2.00 bits per heavy atom.